The molecule has 0 aliphatic heterocycles. The van der Waals surface area contributed by atoms with Gasteiger partial charge in [0.15, 0.2) is 0 Å². The predicted molar refractivity (Wildman–Crippen MR) is 90.6 cm³/mol. The minimum absolute atomic E-state index is 0.0873. The molecule has 0 fully saturated rings. The number of hydrogen-bond donors (Lipinski definition) is 2. The topological polar surface area (TPSA) is 72.2 Å². The average molecular weight is 410 g/mol. The lowest BCUT2D eigenvalue weighted by molar-refractivity contribution is 0.601. The van der Waals surface area contributed by atoms with Crippen LogP contribution >= 0.6 is 39.1 Å². The fourth-order valence-electron chi connectivity index (χ4n) is 1.65. The van der Waals surface area contributed by atoms with Gasteiger partial charge in [-0.2, -0.15) is 0 Å². The molecule has 0 spiro atoms. The normalized spacial score (nSPS) is 11.4. The van der Waals surface area contributed by atoms with Gasteiger partial charge in [0.25, 0.3) is 10.0 Å². The van der Waals surface area contributed by atoms with E-state index in [0.717, 1.165) is 0 Å². The maximum atomic E-state index is 12.4. The van der Waals surface area contributed by atoms with Gasteiger partial charge in [0.05, 0.1) is 20.6 Å². The van der Waals surface area contributed by atoms with Crippen molar-refractivity contribution >= 4 is 60.5 Å². The first kappa shape index (κ1) is 16.4. The van der Waals surface area contributed by atoms with Crippen molar-refractivity contribution in [1.82, 2.24) is 0 Å². The molecular formula is C13H11BrCl2N2O2S. The number of nitrogen functional groups attached to an aromatic ring is 1. The molecule has 0 atom stereocenters. The summed E-state index contributed by atoms with van der Waals surface area (Å²) in [6, 6.07) is 7.55. The highest BCUT2D eigenvalue weighted by Gasteiger charge is 2.18. The molecule has 0 heterocycles. The number of nitrogens with one attached hydrogen (secondary N) is 1. The van der Waals surface area contributed by atoms with Crippen LogP contribution < -0.4 is 10.5 Å². The predicted octanol–water partition coefficient (Wildman–Crippen LogP) is 4.45. The second kappa shape index (κ2) is 6.04. The van der Waals surface area contributed by atoms with Crippen LogP contribution in [0.1, 0.15) is 5.56 Å². The van der Waals surface area contributed by atoms with Gasteiger partial charge in [-0.3, -0.25) is 4.72 Å². The lowest BCUT2D eigenvalue weighted by Crippen LogP contribution is -2.14. The van der Waals surface area contributed by atoms with E-state index in [1.165, 1.54) is 18.2 Å². The first-order chi connectivity index (χ1) is 9.70. The van der Waals surface area contributed by atoms with E-state index in [9.17, 15) is 8.42 Å². The Labute approximate surface area is 141 Å². The fraction of sp³-hybridized carbons (Fsp3) is 0.0769. The highest BCUT2D eigenvalue weighted by atomic mass is 79.9. The number of anilines is 2. The van der Waals surface area contributed by atoms with Crippen LogP contribution in [0.25, 0.3) is 0 Å². The van der Waals surface area contributed by atoms with Gasteiger partial charge in [-0.15, -0.1) is 0 Å². The zero-order valence-electron chi connectivity index (χ0n) is 10.8. The molecule has 0 radical (unpaired) electrons. The molecule has 8 heteroatoms. The van der Waals surface area contributed by atoms with Crippen LogP contribution in [-0.2, 0) is 10.0 Å². The van der Waals surface area contributed by atoms with Crippen molar-refractivity contribution in [2.24, 2.45) is 0 Å². The molecule has 0 aliphatic carbocycles. The van der Waals surface area contributed by atoms with Crippen LogP contribution in [-0.4, -0.2) is 8.42 Å². The van der Waals surface area contributed by atoms with Crippen molar-refractivity contribution in [1.29, 1.82) is 0 Å². The van der Waals surface area contributed by atoms with E-state index in [1.807, 2.05) is 0 Å². The number of benzene rings is 2. The maximum Gasteiger partial charge on any atom is 0.261 e. The zero-order valence-corrected chi connectivity index (χ0v) is 14.7. The molecule has 0 aromatic heterocycles. The molecule has 0 unspecified atom stereocenters. The van der Waals surface area contributed by atoms with Gasteiger partial charge in [0, 0.05) is 10.2 Å². The summed E-state index contributed by atoms with van der Waals surface area (Å²) in [4.78, 5) is 0.0873. The summed E-state index contributed by atoms with van der Waals surface area (Å²) in [5.74, 6) is 0. The lowest BCUT2D eigenvalue weighted by atomic mass is 10.2. The third-order valence-electron chi connectivity index (χ3n) is 2.79. The van der Waals surface area contributed by atoms with Crippen LogP contribution in [0.4, 0.5) is 11.4 Å². The monoisotopic (exact) mass is 408 g/mol. The van der Waals surface area contributed by atoms with Crippen molar-refractivity contribution in [3.05, 3.63) is 50.4 Å². The second-order valence-electron chi connectivity index (χ2n) is 4.37. The molecule has 0 aliphatic rings. The number of rotatable bonds is 3. The fourth-order valence-corrected chi connectivity index (χ4v) is 4.25. The molecule has 0 amide bonds. The van der Waals surface area contributed by atoms with Crippen LogP contribution in [0.2, 0.25) is 10.0 Å². The molecule has 2 aromatic rings. The Morgan fingerprint density at radius 1 is 1.14 bits per heavy atom. The summed E-state index contributed by atoms with van der Waals surface area (Å²) in [5.41, 5.74) is 7.02. The Morgan fingerprint density at radius 2 is 1.71 bits per heavy atom. The van der Waals surface area contributed by atoms with Gasteiger partial charge in [-0.1, -0.05) is 39.1 Å². The van der Waals surface area contributed by atoms with E-state index < -0.39 is 10.0 Å². The number of aryl methyl sites for hydroxylation is 1. The van der Waals surface area contributed by atoms with E-state index in [0.29, 0.717) is 15.7 Å². The Morgan fingerprint density at radius 3 is 2.24 bits per heavy atom. The summed E-state index contributed by atoms with van der Waals surface area (Å²) >= 11 is 15.3. The molecular weight excluding hydrogens is 399 g/mol. The summed E-state index contributed by atoms with van der Waals surface area (Å²) in [5, 5.41) is 0.398. The Bertz CT molecular complexity index is 787. The summed E-state index contributed by atoms with van der Waals surface area (Å²) in [6.45, 7) is 1.73. The molecule has 3 N–H and O–H groups in total. The minimum atomic E-state index is -3.80. The van der Waals surface area contributed by atoms with Gasteiger partial charge in [0.2, 0.25) is 0 Å². The van der Waals surface area contributed by atoms with Crippen molar-refractivity contribution in [3.8, 4) is 0 Å². The van der Waals surface area contributed by atoms with Crippen LogP contribution in [0.3, 0.4) is 0 Å². The Kier molecular flexibility index (Phi) is 4.72. The number of hydrogen-bond acceptors (Lipinski definition) is 3. The summed E-state index contributed by atoms with van der Waals surface area (Å²) in [7, 11) is -3.80. The first-order valence-electron chi connectivity index (χ1n) is 5.74. The quantitative estimate of drug-likeness (QED) is 0.735. The number of sulfonamides is 1. The Hall–Kier alpha value is -0.950. The zero-order chi connectivity index (χ0) is 15.8. The molecule has 0 bridgehead atoms. The van der Waals surface area contributed by atoms with Crippen molar-refractivity contribution < 1.29 is 8.42 Å². The van der Waals surface area contributed by atoms with Gasteiger partial charge >= 0.3 is 0 Å². The number of halogens is 3. The van der Waals surface area contributed by atoms with E-state index in [-0.39, 0.29) is 20.6 Å². The molecule has 4 nitrogen and oxygen atoms in total. The summed E-state index contributed by atoms with van der Waals surface area (Å²) < 4.78 is 27.8. The highest BCUT2D eigenvalue weighted by molar-refractivity contribution is 9.10. The smallest absolute Gasteiger partial charge is 0.261 e. The van der Waals surface area contributed by atoms with Crippen molar-refractivity contribution in [2.75, 3.05) is 10.5 Å². The Balaban J connectivity index is 2.44. The standard InChI is InChI=1S/C13H11BrCl2N2O2S/c1-7-4-9(2-3-12(7)17)21(19,20)18-13-10(15)5-8(14)6-11(13)16/h2-6,18H,17H2,1H3. The van der Waals surface area contributed by atoms with Crippen molar-refractivity contribution in [3.63, 3.8) is 0 Å². The van der Waals surface area contributed by atoms with Crippen LogP contribution in [0.15, 0.2) is 39.7 Å². The third kappa shape index (κ3) is 3.63. The van der Waals surface area contributed by atoms with Gasteiger partial charge in [-0.05, 0) is 42.8 Å². The van der Waals surface area contributed by atoms with Crippen molar-refractivity contribution in [2.45, 2.75) is 11.8 Å². The second-order valence-corrected chi connectivity index (χ2v) is 7.78. The third-order valence-corrected chi connectivity index (χ3v) is 5.20. The molecule has 0 saturated carbocycles. The molecule has 21 heavy (non-hydrogen) atoms. The van der Waals surface area contributed by atoms with E-state index in [1.54, 1.807) is 19.1 Å². The van der Waals surface area contributed by atoms with E-state index in [2.05, 4.69) is 20.7 Å². The first-order valence-corrected chi connectivity index (χ1v) is 8.77. The molecule has 0 saturated heterocycles. The number of nitrogens with two attached hydrogens (primary N) is 1. The SMILES string of the molecule is Cc1cc(S(=O)(=O)Nc2c(Cl)cc(Br)cc2Cl)ccc1N. The average Bonchev–Trinajstić information content (AvgIpc) is 2.37. The lowest BCUT2D eigenvalue weighted by Gasteiger charge is -2.12. The maximum absolute atomic E-state index is 12.4. The highest BCUT2D eigenvalue weighted by Crippen LogP contribution is 2.35. The van der Waals surface area contributed by atoms with E-state index in [4.69, 9.17) is 28.9 Å². The van der Waals surface area contributed by atoms with Gasteiger partial charge in [0.1, 0.15) is 0 Å². The van der Waals surface area contributed by atoms with Gasteiger partial charge in [-0.25, -0.2) is 8.42 Å². The molecule has 112 valence electrons. The molecule has 2 rings (SSSR count). The summed E-state index contributed by atoms with van der Waals surface area (Å²) in [6.07, 6.45) is 0. The minimum Gasteiger partial charge on any atom is -0.399 e. The van der Waals surface area contributed by atoms with E-state index >= 15 is 0 Å². The van der Waals surface area contributed by atoms with Crippen LogP contribution in [0.5, 0.6) is 0 Å². The van der Waals surface area contributed by atoms with Crippen LogP contribution in [0, 0.1) is 6.92 Å². The molecule has 2 aromatic carbocycles. The largest absolute Gasteiger partial charge is 0.399 e. The van der Waals surface area contributed by atoms with Gasteiger partial charge < -0.3 is 5.73 Å².